The number of carboxylic acids is 2. The maximum atomic E-state index is 10.6. The maximum Gasteiger partial charge on any atom is 0.311 e. The Morgan fingerprint density at radius 2 is 1.36 bits per heavy atom. The van der Waals surface area contributed by atoms with E-state index in [1.54, 1.807) is 0 Å². The monoisotopic (exact) mass is 204 g/mol. The molecule has 0 saturated heterocycles. The first-order valence-electron chi connectivity index (χ1n) is 4.25. The Morgan fingerprint density at radius 3 is 1.64 bits per heavy atom. The van der Waals surface area contributed by atoms with Gasteiger partial charge in [0.1, 0.15) is 5.92 Å². The van der Waals surface area contributed by atoms with Gasteiger partial charge in [-0.15, -0.1) is 0 Å². The second-order valence-electron chi connectivity index (χ2n) is 3.51. The summed E-state index contributed by atoms with van der Waals surface area (Å²) in [5.41, 5.74) is 0. The highest BCUT2D eigenvalue weighted by Crippen LogP contribution is 2.29. The van der Waals surface area contributed by atoms with E-state index in [2.05, 4.69) is 0 Å². The number of carboxylic acid groups (broad SMARTS) is 2. The molecule has 0 aromatic heterocycles. The van der Waals surface area contributed by atoms with E-state index in [0.717, 1.165) is 0 Å². The molecule has 0 aromatic rings. The topological polar surface area (TPSA) is 115 Å². The molecular formula is C8H12O6. The summed E-state index contributed by atoms with van der Waals surface area (Å²) in [4.78, 5) is 21.1. The number of hydrogen-bond acceptors (Lipinski definition) is 4. The van der Waals surface area contributed by atoms with Crippen LogP contribution in [0, 0.1) is 11.8 Å². The maximum absolute atomic E-state index is 10.6. The molecule has 1 saturated carbocycles. The molecule has 1 aliphatic carbocycles. The van der Waals surface area contributed by atoms with Crippen LogP contribution in [-0.4, -0.2) is 44.6 Å². The van der Waals surface area contributed by atoms with Crippen molar-refractivity contribution in [3.05, 3.63) is 0 Å². The van der Waals surface area contributed by atoms with Crippen LogP contribution in [0.15, 0.2) is 0 Å². The average Bonchev–Trinajstić information content (AvgIpc) is 2.01. The second kappa shape index (κ2) is 3.93. The van der Waals surface area contributed by atoms with E-state index in [1.165, 1.54) is 0 Å². The fraction of sp³-hybridized carbons (Fsp3) is 0.750. The van der Waals surface area contributed by atoms with Gasteiger partial charge in [-0.05, 0) is 12.8 Å². The molecule has 0 aromatic carbocycles. The third kappa shape index (κ3) is 2.02. The molecule has 14 heavy (non-hydrogen) atoms. The predicted molar refractivity (Wildman–Crippen MR) is 43.5 cm³/mol. The van der Waals surface area contributed by atoms with Gasteiger partial charge in [-0.3, -0.25) is 9.59 Å². The van der Waals surface area contributed by atoms with E-state index in [9.17, 15) is 19.8 Å². The Kier molecular flexibility index (Phi) is 3.07. The summed E-state index contributed by atoms with van der Waals surface area (Å²) >= 11 is 0. The summed E-state index contributed by atoms with van der Waals surface area (Å²) in [6.45, 7) is 0. The van der Waals surface area contributed by atoms with Crippen LogP contribution in [0.2, 0.25) is 0 Å². The first-order valence-corrected chi connectivity index (χ1v) is 4.25. The van der Waals surface area contributed by atoms with Crippen molar-refractivity contribution >= 4 is 11.9 Å². The second-order valence-corrected chi connectivity index (χ2v) is 3.51. The molecule has 6 heteroatoms. The van der Waals surface area contributed by atoms with E-state index in [1.807, 2.05) is 0 Å². The van der Waals surface area contributed by atoms with Crippen molar-refractivity contribution in [2.75, 3.05) is 0 Å². The van der Waals surface area contributed by atoms with Crippen molar-refractivity contribution < 1.29 is 30.0 Å². The molecule has 0 radical (unpaired) electrons. The molecule has 0 aliphatic heterocycles. The van der Waals surface area contributed by atoms with Crippen LogP contribution >= 0.6 is 0 Å². The fourth-order valence-electron chi connectivity index (χ4n) is 1.76. The highest BCUT2D eigenvalue weighted by Gasteiger charge is 2.42. The smallest absolute Gasteiger partial charge is 0.311 e. The lowest BCUT2D eigenvalue weighted by atomic mass is 9.78. The first-order chi connectivity index (χ1) is 6.43. The van der Waals surface area contributed by atoms with Crippen LogP contribution in [0.4, 0.5) is 0 Å². The van der Waals surface area contributed by atoms with Crippen LogP contribution in [0.25, 0.3) is 0 Å². The summed E-state index contributed by atoms with van der Waals surface area (Å²) in [5, 5.41) is 35.9. The quantitative estimate of drug-likeness (QED) is 0.454. The Labute approximate surface area is 79.8 Å². The van der Waals surface area contributed by atoms with Crippen LogP contribution in [0.5, 0.6) is 0 Å². The molecule has 80 valence electrons. The summed E-state index contributed by atoms with van der Waals surface area (Å²) in [6, 6.07) is 0. The van der Waals surface area contributed by atoms with E-state index in [-0.39, 0.29) is 12.8 Å². The summed E-state index contributed by atoms with van der Waals surface area (Å²) in [6.07, 6.45) is -2.83. The molecule has 1 fully saturated rings. The highest BCUT2D eigenvalue weighted by molar-refractivity contribution is 5.74. The zero-order valence-corrected chi connectivity index (χ0v) is 7.33. The molecule has 0 bridgehead atoms. The van der Waals surface area contributed by atoms with Gasteiger partial charge < -0.3 is 20.4 Å². The van der Waals surface area contributed by atoms with Gasteiger partial charge in [-0.2, -0.15) is 0 Å². The number of carbonyl (C=O) groups is 2. The Hall–Kier alpha value is -1.14. The fourth-order valence-corrected chi connectivity index (χ4v) is 1.76. The van der Waals surface area contributed by atoms with Gasteiger partial charge in [0.25, 0.3) is 0 Å². The number of aliphatic hydroxyl groups excluding tert-OH is 2. The summed E-state index contributed by atoms with van der Waals surface area (Å²) in [7, 11) is 0. The zero-order valence-electron chi connectivity index (χ0n) is 7.33. The van der Waals surface area contributed by atoms with Crippen LogP contribution in [-0.2, 0) is 9.59 Å². The molecule has 6 nitrogen and oxygen atoms in total. The zero-order chi connectivity index (χ0) is 10.9. The minimum atomic E-state index is -1.30. The number of hydrogen-bond donors (Lipinski definition) is 4. The standard InChI is InChI=1S/C8H12O6/c9-4-1-3(7(11)12)2-5(10)6(4)8(13)14/h3-6,9-10H,1-2H2,(H,11,12)(H,13,14). The Bertz CT molecular complexity index is 238. The van der Waals surface area contributed by atoms with Crippen molar-refractivity contribution in [3.8, 4) is 0 Å². The van der Waals surface area contributed by atoms with Crippen LogP contribution < -0.4 is 0 Å². The third-order valence-electron chi connectivity index (χ3n) is 2.52. The molecule has 0 heterocycles. The number of rotatable bonds is 2. The Balaban J connectivity index is 2.72. The predicted octanol–water partition coefficient (Wildman–Crippen LogP) is -1.10. The third-order valence-corrected chi connectivity index (χ3v) is 2.52. The normalized spacial score (nSPS) is 37.9. The summed E-state index contributed by atoms with van der Waals surface area (Å²) in [5.74, 6) is -4.55. The van der Waals surface area contributed by atoms with E-state index in [0.29, 0.717) is 0 Å². The molecular weight excluding hydrogens is 192 g/mol. The minimum Gasteiger partial charge on any atom is -0.481 e. The van der Waals surface area contributed by atoms with E-state index >= 15 is 0 Å². The van der Waals surface area contributed by atoms with Crippen molar-refractivity contribution in [3.63, 3.8) is 0 Å². The molecule has 2 unspecified atom stereocenters. The van der Waals surface area contributed by atoms with Crippen molar-refractivity contribution in [1.29, 1.82) is 0 Å². The van der Waals surface area contributed by atoms with E-state index in [4.69, 9.17) is 10.2 Å². The van der Waals surface area contributed by atoms with Gasteiger partial charge in [0.05, 0.1) is 18.1 Å². The van der Waals surface area contributed by atoms with Gasteiger partial charge in [0.15, 0.2) is 0 Å². The van der Waals surface area contributed by atoms with Gasteiger partial charge in [0, 0.05) is 0 Å². The van der Waals surface area contributed by atoms with Gasteiger partial charge in [0.2, 0.25) is 0 Å². The lowest BCUT2D eigenvalue weighted by Gasteiger charge is -2.32. The van der Waals surface area contributed by atoms with E-state index < -0.39 is 36.0 Å². The van der Waals surface area contributed by atoms with Crippen LogP contribution in [0.1, 0.15) is 12.8 Å². The SMILES string of the molecule is O=C(O)C1CC(O)C(C(=O)O)C(O)C1. The van der Waals surface area contributed by atoms with Crippen molar-refractivity contribution in [2.24, 2.45) is 11.8 Å². The minimum absolute atomic E-state index is 0.122. The largest absolute Gasteiger partial charge is 0.481 e. The molecule has 1 rings (SSSR count). The van der Waals surface area contributed by atoms with Crippen molar-refractivity contribution in [1.82, 2.24) is 0 Å². The Morgan fingerprint density at radius 1 is 0.929 bits per heavy atom. The first kappa shape index (κ1) is 10.9. The lowest BCUT2D eigenvalue weighted by Crippen LogP contribution is -2.46. The van der Waals surface area contributed by atoms with Gasteiger partial charge in [-0.1, -0.05) is 0 Å². The lowest BCUT2D eigenvalue weighted by molar-refractivity contribution is -0.162. The van der Waals surface area contributed by atoms with Gasteiger partial charge in [-0.25, -0.2) is 0 Å². The molecule has 1 aliphatic rings. The number of aliphatic hydroxyl groups is 2. The summed E-state index contributed by atoms with van der Waals surface area (Å²) < 4.78 is 0. The highest BCUT2D eigenvalue weighted by atomic mass is 16.4. The molecule has 0 amide bonds. The van der Waals surface area contributed by atoms with Gasteiger partial charge >= 0.3 is 11.9 Å². The number of aliphatic carboxylic acids is 2. The molecule has 4 N–H and O–H groups in total. The van der Waals surface area contributed by atoms with Crippen molar-refractivity contribution in [2.45, 2.75) is 25.0 Å². The molecule has 2 atom stereocenters. The molecule has 0 spiro atoms. The van der Waals surface area contributed by atoms with Crippen LogP contribution in [0.3, 0.4) is 0 Å². The average molecular weight is 204 g/mol.